The number of nitrogens with zero attached hydrogens (tertiary/aromatic N) is 1. The van der Waals surface area contributed by atoms with Gasteiger partial charge in [-0.1, -0.05) is 12.2 Å². The quantitative estimate of drug-likeness (QED) is 0.548. The summed E-state index contributed by atoms with van der Waals surface area (Å²) in [4.78, 5) is 34.2. The monoisotopic (exact) mass is 240 g/mol. The van der Waals surface area contributed by atoms with Crippen molar-refractivity contribution in [1.82, 2.24) is 10.2 Å². The number of carboxylic acid groups (broad SMARTS) is 1. The lowest BCUT2D eigenvalue weighted by Gasteiger charge is -2.20. The lowest BCUT2D eigenvalue weighted by Crippen LogP contribution is -2.42. The van der Waals surface area contributed by atoms with Gasteiger partial charge in [0.15, 0.2) is 0 Å². The van der Waals surface area contributed by atoms with E-state index in [1.165, 1.54) is 4.90 Å². The highest BCUT2D eigenvalue weighted by Crippen LogP contribution is 1.96. The minimum Gasteiger partial charge on any atom is -0.478 e. The second-order valence-electron chi connectivity index (χ2n) is 3.44. The van der Waals surface area contributed by atoms with Gasteiger partial charge in [-0.2, -0.15) is 0 Å². The van der Waals surface area contributed by atoms with E-state index in [9.17, 15) is 14.4 Å². The lowest BCUT2D eigenvalue weighted by molar-refractivity contribution is -0.131. The first-order chi connectivity index (χ1) is 7.86. The predicted octanol–water partition coefficient (Wildman–Crippen LogP) is 0.761. The van der Waals surface area contributed by atoms with Crippen LogP contribution in [-0.2, 0) is 9.59 Å². The van der Waals surface area contributed by atoms with Gasteiger partial charge in [-0.3, -0.25) is 10.1 Å². The van der Waals surface area contributed by atoms with Crippen molar-refractivity contribution >= 4 is 17.9 Å². The standard InChI is InChI=1S/C11H16N2O4/c1-4-13(7-8(2)3)11(17)12-9(14)5-6-10(15)16/h5-6H,2,4,7H2,1,3H3,(H,15,16)(H,12,14,17)/b6-5+. The second kappa shape index (κ2) is 7.21. The molecule has 0 aromatic heterocycles. The number of hydrogen-bond donors (Lipinski definition) is 2. The van der Waals surface area contributed by atoms with Crippen LogP contribution in [0.2, 0.25) is 0 Å². The number of nitrogens with one attached hydrogen (secondary N) is 1. The summed E-state index contributed by atoms with van der Waals surface area (Å²) < 4.78 is 0. The Hall–Kier alpha value is -2.11. The van der Waals surface area contributed by atoms with Gasteiger partial charge in [0.1, 0.15) is 0 Å². The molecule has 0 aromatic rings. The van der Waals surface area contributed by atoms with Crippen LogP contribution in [0.4, 0.5) is 4.79 Å². The first kappa shape index (κ1) is 14.9. The Labute approximate surface area is 99.6 Å². The fraction of sp³-hybridized carbons (Fsp3) is 0.364. The summed E-state index contributed by atoms with van der Waals surface area (Å²) in [5, 5.41) is 10.3. The molecule has 6 heteroatoms. The molecule has 0 bridgehead atoms. The van der Waals surface area contributed by atoms with Gasteiger partial charge in [0, 0.05) is 25.2 Å². The molecule has 0 saturated carbocycles. The topological polar surface area (TPSA) is 86.7 Å². The molecule has 0 aliphatic rings. The van der Waals surface area contributed by atoms with E-state index >= 15 is 0 Å². The number of hydrogen-bond acceptors (Lipinski definition) is 3. The molecule has 94 valence electrons. The number of aliphatic carboxylic acids is 1. The van der Waals surface area contributed by atoms with Gasteiger partial charge in [0.2, 0.25) is 0 Å². The number of carbonyl (C=O) groups excluding carboxylic acids is 2. The SMILES string of the molecule is C=C(C)CN(CC)C(=O)NC(=O)/C=C/C(=O)O. The maximum Gasteiger partial charge on any atom is 0.328 e. The summed E-state index contributed by atoms with van der Waals surface area (Å²) in [6, 6.07) is -0.574. The molecule has 0 aromatic carbocycles. The van der Waals surface area contributed by atoms with E-state index in [1.54, 1.807) is 13.8 Å². The summed E-state index contributed by atoms with van der Waals surface area (Å²) in [5.74, 6) is -2.01. The largest absolute Gasteiger partial charge is 0.478 e. The first-order valence-corrected chi connectivity index (χ1v) is 5.02. The lowest BCUT2D eigenvalue weighted by atomic mass is 10.3. The van der Waals surface area contributed by atoms with Crippen molar-refractivity contribution in [2.24, 2.45) is 0 Å². The van der Waals surface area contributed by atoms with Gasteiger partial charge in [0.25, 0.3) is 5.91 Å². The molecule has 0 saturated heterocycles. The molecule has 0 heterocycles. The number of likely N-dealkylation sites (N-methyl/N-ethyl adjacent to an activating group) is 1. The molecule has 0 unspecified atom stereocenters. The van der Waals surface area contributed by atoms with Crippen molar-refractivity contribution in [3.63, 3.8) is 0 Å². The van der Waals surface area contributed by atoms with Crippen molar-refractivity contribution in [3.8, 4) is 0 Å². The molecular formula is C11H16N2O4. The molecule has 0 rings (SSSR count). The van der Waals surface area contributed by atoms with Gasteiger partial charge in [-0.15, -0.1) is 0 Å². The van der Waals surface area contributed by atoms with E-state index in [-0.39, 0.29) is 0 Å². The third-order valence-corrected chi connectivity index (χ3v) is 1.74. The molecule has 17 heavy (non-hydrogen) atoms. The fourth-order valence-electron chi connectivity index (χ4n) is 1.03. The van der Waals surface area contributed by atoms with Crippen LogP contribution in [0.25, 0.3) is 0 Å². The highest BCUT2D eigenvalue weighted by atomic mass is 16.4. The third-order valence-electron chi connectivity index (χ3n) is 1.74. The highest BCUT2D eigenvalue weighted by Gasteiger charge is 2.13. The van der Waals surface area contributed by atoms with Crippen LogP contribution in [0.5, 0.6) is 0 Å². The number of rotatable bonds is 5. The zero-order chi connectivity index (χ0) is 13.4. The summed E-state index contributed by atoms with van der Waals surface area (Å²) >= 11 is 0. The van der Waals surface area contributed by atoms with Gasteiger partial charge < -0.3 is 10.0 Å². The zero-order valence-electron chi connectivity index (χ0n) is 9.90. The Bertz CT molecular complexity index is 360. The summed E-state index contributed by atoms with van der Waals surface area (Å²) in [6.07, 6.45) is 1.45. The molecule has 2 N–H and O–H groups in total. The van der Waals surface area contributed by atoms with Crippen molar-refractivity contribution in [2.45, 2.75) is 13.8 Å². The number of carbonyl (C=O) groups is 3. The van der Waals surface area contributed by atoms with Gasteiger partial charge >= 0.3 is 12.0 Å². The fourth-order valence-corrected chi connectivity index (χ4v) is 1.03. The molecule has 0 spiro atoms. The maximum atomic E-state index is 11.5. The number of carboxylic acids is 1. The van der Waals surface area contributed by atoms with Crippen LogP contribution in [0.3, 0.4) is 0 Å². The van der Waals surface area contributed by atoms with Gasteiger partial charge in [0.05, 0.1) is 0 Å². The Balaban J connectivity index is 4.36. The van der Waals surface area contributed by atoms with E-state index in [0.29, 0.717) is 19.2 Å². The van der Waals surface area contributed by atoms with Crippen molar-refractivity contribution in [3.05, 3.63) is 24.3 Å². The minimum atomic E-state index is -1.25. The number of urea groups is 1. The molecular weight excluding hydrogens is 224 g/mol. The summed E-state index contributed by atoms with van der Waals surface area (Å²) in [6.45, 7) is 7.97. The molecule has 0 aliphatic heterocycles. The summed E-state index contributed by atoms with van der Waals surface area (Å²) in [5.41, 5.74) is 0.788. The Morgan fingerprint density at radius 2 is 1.94 bits per heavy atom. The van der Waals surface area contributed by atoms with Gasteiger partial charge in [-0.05, 0) is 13.8 Å². The van der Waals surface area contributed by atoms with E-state index in [0.717, 1.165) is 11.6 Å². The molecule has 0 radical (unpaired) electrons. The smallest absolute Gasteiger partial charge is 0.328 e. The van der Waals surface area contributed by atoms with E-state index in [1.807, 2.05) is 5.32 Å². The maximum absolute atomic E-state index is 11.5. The molecule has 0 aliphatic carbocycles. The van der Waals surface area contributed by atoms with E-state index in [2.05, 4.69) is 6.58 Å². The highest BCUT2D eigenvalue weighted by molar-refractivity contribution is 6.02. The predicted molar refractivity (Wildman–Crippen MR) is 62.4 cm³/mol. The van der Waals surface area contributed by atoms with Gasteiger partial charge in [-0.25, -0.2) is 9.59 Å². The minimum absolute atomic E-state index is 0.345. The molecule has 6 nitrogen and oxygen atoms in total. The van der Waals surface area contributed by atoms with Crippen LogP contribution >= 0.6 is 0 Å². The normalized spacial score (nSPS) is 10.0. The molecule has 3 amide bonds. The average molecular weight is 240 g/mol. The Morgan fingerprint density at radius 1 is 1.35 bits per heavy atom. The van der Waals surface area contributed by atoms with Crippen LogP contribution in [0.15, 0.2) is 24.3 Å². The Kier molecular flexibility index (Phi) is 6.32. The van der Waals surface area contributed by atoms with Crippen molar-refractivity contribution in [2.75, 3.05) is 13.1 Å². The van der Waals surface area contributed by atoms with Crippen LogP contribution in [0, 0.1) is 0 Å². The first-order valence-electron chi connectivity index (χ1n) is 5.02. The van der Waals surface area contributed by atoms with Crippen molar-refractivity contribution < 1.29 is 19.5 Å². The van der Waals surface area contributed by atoms with Crippen LogP contribution in [0.1, 0.15) is 13.8 Å². The van der Waals surface area contributed by atoms with E-state index in [4.69, 9.17) is 5.11 Å². The van der Waals surface area contributed by atoms with E-state index < -0.39 is 17.9 Å². The summed E-state index contributed by atoms with van der Waals surface area (Å²) in [7, 11) is 0. The second-order valence-corrected chi connectivity index (χ2v) is 3.44. The molecule has 0 fully saturated rings. The molecule has 0 atom stereocenters. The third kappa shape index (κ3) is 6.88. The Morgan fingerprint density at radius 3 is 2.35 bits per heavy atom. The van der Waals surface area contributed by atoms with Crippen LogP contribution < -0.4 is 5.32 Å². The van der Waals surface area contributed by atoms with Crippen LogP contribution in [-0.4, -0.2) is 41.0 Å². The number of amides is 3. The zero-order valence-corrected chi connectivity index (χ0v) is 9.90. The van der Waals surface area contributed by atoms with Crippen molar-refractivity contribution in [1.29, 1.82) is 0 Å². The number of imide groups is 1. The average Bonchev–Trinajstić information content (AvgIpc) is 2.22.